The van der Waals surface area contributed by atoms with E-state index in [1.807, 2.05) is 6.92 Å². The summed E-state index contributed by atoms with van der Waals surface area (Å²) in [6.07, 6.45) is 5.02. The first-order valence-corrected chi connectivity index (χ1v) is 12.3. The first-order valence-electron chi connectivity index (χ1n) is 12.3. The number of fused-ring (bicyclic) bond motifs is 3. The molecule has 2 aromatic heterocycles. The van der Waals surface area contributed by atoms with E-state index < -0.39 is 17.3 Å². The Labute approximate surface area is 195 Å². The molecule has 6 heteroatoms. The molecule has 2 aliphatic rings. The van der Waals surface area contributed by atoms with Crippen LogP contribution in [0.2, 0.25) is 0 Å². The molecular weight excluding hydrogens is 423 g/mol. The SMILES string of the molecule is C=C(C)C1(CCC)c2cc(C(F)(F)F)nn2-c2cc(CC3(C(C)C)CCCC3)cc[n+]2C1C. The Bertz CT molecular complexity index is 1040. The van der Waals surface area contributed by atoms with E-state index in [4.69, 9.17) is 0 Å². The lowest BCUT2D eigenvalue weighted by Gasteiger charge is -2.40. The van der Waals surface area contributed by atoms with E-state index in [2.05, 4.69) is 62.3 Å². The van der Waals surface area contributed by atoms with Gasteiger partial charge in [-0.15, -0.1) is 4.68 Å². The molecule has 1 fully saturated rings. The minimum Gasteiger partial charge on any atom is -0.228 e. The molecule has 0 radical (unpaired) electrons. The minimum absolute atomic E-state index is 0.0603. The molecule has 4 rings (SSSR count). The molecule has 180 valence electrons. The van der Waals surface area contributed by atoms with Gasteiger partial charge in [-0.2, -0.15) is 13.2 Å². The van der Waals surface area contributed by atoms with Crippen molar-refractivity contribution in [3.8, 4) is 5.82 Å². The van der Waals surface area contributed by atoms with E-state index in [1.165, 1.54) is 37.3 Å². The van der Waals surface area contributed by atoms with Crippen molar-refractivity contribution in [2.45, 2.75) is 97.2 Å². The van der Waals surface area contributed by atoms with E-state index in [0.29, 0.717) is 11.6 Å². The standard InChI is InChI=1S/C27H37F3N3/c1-7-11-26(19(4)5)20(6)32-14-10-21(17-25(18(2)3)12-8-9-13-25)15-24(32)33-23(26)16-22(31-33)27(28,29)30/h10,14-16,18,20H,4,7-9,11-13,17H2,1-3,5-6H3/q+1. The van der Waals surface area contributed by atoms with Gasteiger partial charge in [-0.1, -0.05) is 57.3 Å². The zero-order valence-electron chi connectivity index (χ0n) is 20.6. The third-order valence-corrected chi connectivity index (χ3v) is 8.62. The van der Waals surface area contributed by atoms with E-state index in [1.54, 1.807) is 4.68 Å². The second kappa shape index (κ2) is 8.28. The summed E-state index contributed by atoms with van der Waals surface area (Å²) in [4.78, 5) is 0. The third-order valence-electron chi connectivity index (χ3n) is 8.62. The Morgan fingerprint density at radius 2 is 1.94 bits per heavy atom. The summed E-state index contributed by atoms with van der Waals surface area (Å²) < 4.78 is 45.0. The van der Waals surface area contributed by atoms with Gasteiger partial charge < -0.3 is 0 Å². The predicted octanol–water partition coefficient (Wildman–Crippen LogP) is 7.13. The molecule has 3 nitrogen and oxygen atoms in total. The van der Waals surface area contributed by atoms with Crippen LogP contribution < -0.4 is 4.57 Å². The second-order valence-electron chi connectivity index (χ2n) is 10.7. The van der Waals surface area contributed by atoms with E-state index in [-0.39, 0.29) is 11.5 Å². The number of nitrogens with zero attached hydrogens (tertiary/aromatic N) is 3. The summed E-state index contributed by atoms with van der Waals surface area (Å²) >= 11 is 0. The molecule has 1 saturated carbocycles. The zero-order chi connectivity index (χ0) is 24.2. The first kappa shape index (κ1) is 24.0. The van der Waals surface area contributed by atoms with Crippen LogP contribution in [0.3, 0.4) is 0 Å². The van der Waals surface area contributed by atoms with Crippen molar-refractivity contribution in [3.05, 3.63) is 53.5 Å². The van der Waals surface area contributed by atoms with Gasteiger partial charge >= 0.3 is 12.0 Å². The molecule has 0 amide bonds. The molecule has 0 saturated heterocycles. The van der Waals surface area contributed by atoms with Crippen molar-refractivity contribution < 1.29 is 17.7 Å². The predicted molar refractivity (Wildman–Crippen MR) is 124 cm³/mol. The van der Waals surface area contributed by atoms with Crippen molar-refractivity contribution >= 4 is 0 Å². The average molecular weight is 461 g/mol. The lowest BCUT2D eigenvalue weighted by Crippen LogP contribution is -2.57. The van der Waals surface area contributed by atoms with Crippen LogP contribution in [0.15, 0.2) is 36.5 Å². The van der Waals surface area contributed by atoms with E-state index >= 15 is 0 Å². The maximum atomic E-state index is 13.8. The minimum atomic E-state index is -4.49. The monoisotopic (exact) mass is 460 g/mol. The molecule has 2 aromatic rings. The summed E-state index contributed by atoms with van der Waals surface area (Å²) in [7, 11) is 0. The number of allylic oxidation sites excluding steroid dienone is 1. The van der Waals surface area contributed by atoms with Crippen LogP contribution >= 0.6 is 0 Å². The van der Waals surface area contributed by atoms with Crippen molar-refractivity contribution in [1.82, 2.24) is 9.78 Å². The zero-order valence-corrected chi connectivity index (χ0v) is 20.6. The smallest absolute Gasteiger partial charge is 0.228 e. The van der Waals surface area contributed by atoms with Crippen LogP contribution in [0.1, 0.15) is 96.1 Å². The fourth-order valence-corrected chi connectivity index (χ4v) is 6.58. The Balaban J connectivity index is 1.89. The largest absolute Gasteiger partial charge is 0.437 e. The lowest BCUT2D eigenvalue weighted by molar-refractivity contribution is -0.726. The molecule has 1 aliphatic carbocycles. The highest BCUT2D eigenvalue weighted by Gasteiger charge is 2.53. The lowest BCUT2D eigenvalue weighted by atomic mass is 9.68. The van der Waals surface area contributed by atoms with Gasteiger partial charge in [0, 0.05) is 12.1 Å². The number of halogens is 3. The number of pyridine rings is 1. The summed E-state index contributed by atoms with van der Waals surface area (Å²) in [5.41, 5.74) is 1.49. The van der Waals surface area contributed by atoms with Gasteiger partial charge in [0.15, 0.2) is 5.69 Å². The van der Waals surface area contributed by atoms with Crippen LogP contribution in [0, 0.1) is 11.3 Å². The Kier molecular flexibility index (Phi) is 6.03. The van der Waals surface area contributed by atoms with Gasteiger partial charge in [0.25, 0.3) is 0 Å². The van der Waals surface area contributed by atoms with Gasteiger partial charge in [0.1, 0.15) is 11.7 Å². The van der Waals surface area contributed by atoms with Crippen LogP contribution in [-0.2, 0) is 18.0 Å². The highest BCUT2D eigenvalue weighted by Crippen LogP contribution is 2.49. The number of hydrogen-bond acceptors (Lipinski definition) is 1. The Morgan fingerprint density at radius 3 is 2.48 bits per heavy atom. The molecule has 33 heavy (non-hydrogen) atoms. The molecule has 0 bridgehead atoms. The van der Waals surface area contributed by atoms with Crippen molar-refractivity contribution in [2.24, 2.45) is 11.3 Å². The fraction of sp³-hybridized carbons (Fsp3) is 0.630. The van der Waals surface area contributed by atoms with Crippen LogP contribution in [-0.4, -0.2) is 9.78 Å². The highest BCUT2D eigenvalue weighted by atomic mass is 19.4. The molecular formula is C27H37F3N3+. The summed E-state index contributed by atoms with van der Waals surface area (Å²) in [5.74, 6) is 1.29. The number of aromatic nitrogens is 3. The van der Waals surface area contributed by atoms with E-state index in [9.17, 15) is 13.2 Å². The molecule has 0 aromatic carbocycles. The maximum absolute atomic E-state index is 13.8. The molecule has 0 spiro atoms. The molecule has 2 unspecified atom stereocenters. The summed E-state index contributed by atoms with van der Waals surface area (Å²) in [5, 5.41) is 4.11. The second-order valence-corrected chi connectivity index (χ2v) is 10.7. The van der Waals surface area contributed by atoms with Gasteiger partial charge in [-0.05, 0) is 62.5 Å². The van der Waals surface area contributed by atoms with Gasteiger partial charge in [0.05, 0.1) is 11.6 Å². The average Bonchev–Trinajstić information content (AvgIpc) is 3.39. The van der Waals surface area contributed by atoms with Gasteiger partial charge in [-0.3, -0.25) is 0 Å². The Morgan fingerprint density at radius 1 is 1.27 bits per heavy atom. The number of rotatable bonds is 6. The number of alkyl halides is 3. The fourth-order valence-electron chi connectivity index (χ4n) is 6.58. The van der Waals surface area contributed by atoms with Crippen molar-refractivity contribution in [3.63, 3.8) is 0 Å². The molecule has 2 atom stereocenters. The van der Waals surface area contributed by atoms with Gasteiger partial charge in [0.2, 0.25) is 0 Å². The molecule has 0 N–H and O–H groups in total. The van der Waals surface area contributed by atoms with E-state index in [0.717, 1.165) is 30.7 Å². The Hall–Kier alpha value is -2.11. The quantitative estimate of drug-likeness (QED) is 0.332. The normalized spacial score (nSPS) is 24.1. The van der Waals surface area contributed by atoms with Crippen LogP contribution in [0.4, 0.5) is 13.2 Å². The summed E-state index contributed by atoms with van der Waals surface area (Å²) in [6, 6.07) is 5.43. The topological polar surface area (TPSA) is 21.7 Å². The van der Waals surface area contributed by atoms with Crippen molar-refractivity contribution in [1.29, 1.82) is 0 Å². The van der Waals surface area contributed by atoms with Crippen molar-refractivity contribution in [2.75, 3.05) is 0 Å². The van der Waals surface area contributed by atoms with Crippen LogP contribution in [0.25, 0.3) is 5.82 Å². The number of hydrogen-bond donors (Lipinski definition) is 0. The summed E-state index contributed by atoms with van der Waals surface area (Å²) in [6.45, 7) is 14.9. The van der Waals surface area contributed by atoms with Crippen LogP contribution in [0.5, 0.6) is 0 Å². The third kappa shape index (κ3) is 3.74. The molecule has 1 aliphatic heterocycles. The highest BCUT2D eigenvalue weighted by molar-refractivity contribution is 5.40. The van der Waals surface area contributed by atoms with Gasteiger partial charge in [-0.25, -0.2) is 4.57 Å². The first-order chi connectivity index (χ1) is 15.5. The maximum Gasteiger partial charge on any atom is 0.437 e. The molecule has 3 heterocycles.